The summed E-state index contributed by atoms with van der Waals surface area (Å²) in [4.78, 5) is 4.54. The van der Waals surface area contributed by atoms with Crippen LogP contribution in [-0.4, -0.2) is 55.2 Å². The molecule has 0 unspecified atom stereocenters. The molecular formula is C19H21N7O2S. The lowest BCUT2D eigenvalue weighted by Crippen LogP contribution is -2.39. The molecule has 5 heterocycles. The van der Waals surface area contributed by atoms with Gasteiger partial charge in [0.1, 0.15) is 10.7 Å². The highest BCUT2D eigenvalue weighted by atomic mass is 32.2. The lowest BCUT2D eigenvalue weighted by molar-refractivity contribution is 0.308. The lowest BCUT2D eigenvalue weighted by Gasteiger charge is -2.31. The summed E-state index contributed by atoms with van der Waals surface area (Å²) in [6.07, 6.45) is 4.99. The molecule has 1 fully saturated rings. The average molecular weight is 411 g/mol. The van der Waals surface area contributed by atoms with E-state index in [1.807, 2.05) is 35.7 Å². The monoisotopic (exact) mass is 411 g/mol. The van der Waals surface area contributed by atoms with E-state index in [1.54, 1.807) is 22.1 Å². The van der Waals surface area contributed by atoms with Gasteiger partial charge in [-0.1, -0.05) is 6.07 Å². The van der Waals surface area contributed by atoms with Crippen molar-refractivity contribution in [2.24, 2.45) is 7.05 Å². The van der Waals surface area contributed by atoms with Crippen LogP contribution in [0.1, 0.15) is 30.3 Å². The maximum absolute atomic E-state index is 13.3. The molecule has 4 aromatic rings. The van der Waals surface area contributed by atoms with Crippen molar-refractivity contribution in [2.45, 2.75) is 30.6 Å². The van der Waals surface area contributed by atoms with Gasteiger partial charge in [-0.2, -0.15) is 9.40 Å². The van der Waals surface area contributed by atoms with Gasteiger partial charge < -0.3 is 0 Å². The summed E-state index contributed by atoms with van der Waals surface area (Å²) in [5.41, 5.74) is 2.20. The summed E-state index contributed by atoms with van der Waals surface area (Å²) in [5, 5.41) is 13.6. The van der Waals surface area contributed by atoms with Crippen LogP contribution in [0.3, 0.4) is 0 Å². The smallest absolute Gasteiger partial charge is 0.244 e. The molecule has 0 aromatic carbocycles. The molecule has 0 N–H and O–H groups in total. The van der Waals surface area contributed by atoms with Crippen LogP contribution in [0.15, 0.2) is 41.6 Å². The third-order valence-corrected chi connectivity index (χ3v) is 7.40. The molecular weight excluding hydrogens is 390 g/mol. The van der Waals surface area contributed by atoms with Gasteiger partial charge in [0.15, 0.2) is 11.3 Å². The third-order valence-electron chi connectivity index (χ3n) is 5.57. The molecule has 0 saturated carbocycles. The van der Waals surface area contributed by atoms with Crippen molar-refractivity contribution in [2.75, 3.05) is 13.1 Å². The van der Waals surface area contributed by atoms with Crippen molar-refractivity contribution in [1.29, 1.82) is 0 Å². The summed E-state index contributed by atoms with van der Waals surface area (Å²) in [6.45, 7) is 2.72. The molecule has 0 bridgehead atoms. The van der Waals surface area contributed by atoms with Crippen LogP contribution >= 0.6 is 0 Å². The fourth-order valence-electron chi connectivity index (χ4n) is 4.09. The molecule has 0 amide bonds. The van der Waals surface area contributed by atoms with Crippen LogP contribution in [0, 0.1) is 6.92 Å². The van der Waals surface area contributed by atoms with Crippen LogP contribution in [-0.2, 0) is 17.1 Å². The van der Waals surface area contributed by atoms with Crippen molar-refractivity contribution in [3.63, 3.8) is 0 Å². The van der Waals surface area contributed by atoms with Gasteiger partial charge in [-0.3, -0.25) is 9.08 Å². The van der Waals surface area contributed by atoms with Crippen molar-refractivity contribution in [3.05, 3.63) is 48.2 Å². The van der Waals surface area contributed by atoms with E-state index in [4.69, 9.17) is 0 Å². The number of piperidine rings is 1. The molecule has 1 atom stereocenters. The van der Waals surface area contributed by atoms with E-state index in [9.17, 15) is 8.42 Å². The fraction of sp³-hybridized carbons (Fsp3) is 0.368. The molecule has 9 nitrogen and oxygen atoms in total. The van der Waals surface area contributed by atoms with E-state index in [2.05, 4.69) is 20.3 Å². The van der Waals surface area contributed by atoms with Gasteiger partial charge in [-0.25, -0.2) is 13.4 Å². The van der Waals surface area contributed by atoms with E-state index in [0.29, 0.717) is 18.7 Å². The third kappa shape index (κ3) is 2.90. The first-order valence-electron chi connectivity index (χ1n) is 9.54. The first kappa shape index (κ1) is 18.2. The lowest BCUT2D eigenvalue weighted by atomic mass is 9.99. The van der Waals surface area contributed by atoms with Crippen LogP contribution < -0.4 is 0 Å². The zero-order chi connectivity index (χ0) is 20.2. The Labute approximate surface area is 168 Å². The quantitative estimate of drug-likeness (QED) is 0.511. The minimum Gasteiger partial charge on any atom is -0.286 e. The SMILES string of the molecule is Cc1nn(C)c2ncc(S(=O)(=O)N3CCC[C@@H](c4nnc5ccccn45)C3)cc12. The summed E-state index contributed by atoms with van der Waals surface area (Å²) < 4.78 is 31.8. The van der Waals surface area contributed by atoms with Crippen molar-refractivity contribution in [3.8, 4) is 0 Å². The summed E-state index contributed by atoms with van der Waals surface area (Å²) >= 11 is 0. The number of hydrogen-bond donors (Lipinski definition) is 0. The first-order chi connectivity index (χ1) is 13.9. The van der Waals surface area contributed by atoms with E-state index >= 15 is 0 Å². The highest BCUT2D eigenvalue weighted by Gasteiger charge is 2.33. The number of aryl methyl sites for hydroxylation is 2. The Bertz CT molecular complexity index is 1330. The zero-order valence-corrected chi connectivity index (χ0v) is 17.0. The molecule has 0 spiro atoms. The number of pyridine rings is 2. The molecule has 4 aromatic heterocycles. The molecule has 1 saturated heterocycles. The minimum atomic E-state index is -3.66. The molecule has 0 radical (unpaired) electrons. The van der Waals surface area contributed by atoms with Gasteiger partial charge in [0.2, 0.25) is 10.0 Å². The van der Waals surface area contributed by atoms with Crippen LogP contribution in [0.25, 0.3) is 16.7 Å². The van der Waals surface area contributed by atoms with Gasteiger partial charge in [0.25, 0.3) is 0 Å². The molecule has 5 rings (SSSR count). The van der Waals surface area contributed by atoms with Gasteiger partial charge in [0.05, 0.1) is 5.69 Å². The van der Waals surface area contributed by atoms with E-state index in [-0.39, 0.29) is 10.8 Å². The van der Waals surface area contributed by atoms with E-state index < -0.39 is 10.0 Å². The minimum absolute atomic E-state index is 0.00672. The molecule has 0 aliphatic carbocycles. The molecule has 1 aliphatic rings. The van der Waals surface area contributed by atoms with Crippen molar-refractivity contribution in [1.82, 2.24) is 33.7 Å². The van der Waals surface area contributed by atoms with Gasteiger partial charge >= 0.3 is 0 Å². The first-order valence-corrected chi connectivity index (χ1v) is 11.0. The molecule has 29 heavy (non-hydrogen) atoms. The summed E-state index contributed by atoms with van der Waals surface area (Å²) in [7, 11) is -1.86. The zero-order valence-electron chi connectivity index (χ0n) is 16.2. The van der Waals surface area contributed by atoms with Crippen LogP contribution in [0.2, 0.25) is 0 Å². The van der Waals surface area contributed by atoms with E-state index in [0.717, 1.165) is 35.4 Å². The summed E-state index contributed by atoms with van der Waals surface area (Å²) in [6, 6.07) is 7.41. The Morgan fingerprint density at radius 2 is 2.07 bits per heavy atom. The van der Waals surface area contributed by atoms with Gasteiger partial charge in [-0.15, -0.1) is 10.2 Å². The maximum atomic E-state index is 13.3. The number of rotatable bonds is 3. The number of nitrogens with zero attached hydrogens (tertiary/aromatic N) is 7. The standard InChI is InChI=1S/C19H21N7O2S/c1-13-16-10-15(11-20-19(16)24(2)23-13)29(27,28)25-8-5-6-14(12-25)18-22-21-17-7-3-4-9-26(17)18/h3-4,7,9-11,14H,5-6,8,12H2,1-2H3/t14-/m1/s1. The Morgan fingerprint density at radius 1 is 1.21 bits per heavy atom. The maximum Gasteiger partial charge on any atom is 0.244 e. The Hall–Kier alpha value is -2.85. The topological polar surface area (TPSA) is 98.3 Å². The second-order valence-corrected chi connectivity index (χ2v) is 9.38. The molecule has 10 heteroatoms. The number of fused-ring (bicyclic) bond motifs is 2. The van der Waals surface area contributed by atoms with Gasteiger partial charge in [0, 0.05) is 43.8 Å². The Kier molecular flexibility index (Phi) is 4.14. The molecule has 150 valence electrons. The fourth-order valence-corrected chi connectivity index (χ4v) is 5.59. The largest absolute Gasteiger partial charge is 0.286 e. The Balaban J connectivity index is 1.49. The summed E-state index contributed by atoms with van der Waals surface area (Å²) in [5.74, 6) is 0.796. The second-order valence-electron chi connectivity index (χ2n) is 7.44. The highest BCUT2D eigenvalue weighted by Crippen LogP contribution is 2.30. The number of hydrogen-bond acceptors (Lipinski definition) is 6. The van der Waals surface area contributed by atoms with Crippen molar-refractivity contribution < 1.29 is 8.42 Å². The van der Waals surface area contributed by atoms with E-state index in [1.165, 1.54) is 6.20 Å². The van der Waals surface area contributed by atoms with Crippen LogP contribution in [0.4, 0.5) is 0 Å². The second kappa shape index (κ2) is 6.60. The van der Waals surface area contributed by atoms with Crippen molar-refractivity contribution >= 4 is 26.7 Å². The van der Waals surface area contributed by atoms with Crippen LogP contribution in [0.5, 0.6) is 0 Å². The highest BCUT2D eigenvalue weighted by molar-refractivity contribution is 7.89. The molecule has 1 aliphatic heterocycles. The van der Waals surface area contributed by atoms with Gasteiger partial charge in [-0.05, 0) is 38.0 Å². The average Bonchev–Trinajstić information content (AvgIpc) is 3.29. The normalized spacial score (nSPS) is 18.6. The number of sulfonamides is 1. The number of aromatic nitrogens is 6. The predicted molar refractivity (Wildman–Crippen MR) is 107 cm³/mol. The Morgan fingerprint density at radius 3 is 2.93 bits per heavy atom. The predicted octanol–water partition coefficient (Wildman–Crippen LogP) is 1.89.